The van der Waals surface area contributed by atoms with Gasteiger partial charge in [-0.25, -0.2) is 4.98 Å². The summed E-state index contributed by atoms with van der Waals surface area (Å²) in [5.74, 6) is -1.12. The molecule has 170 valence electrons. The first-order valence-electron chi connectivity index (χ1n) is 10.0. The second-order valence-electron chi connectivity index (χ2n) is 7.99. The van der Waals surface area contributed by atoms with Crippen LogP contribution >= 0.6 is 11.3 Å². The lowest BCUT2D eigenvalue weighted by molar-refractivity contribution is -0.274. The van der Waals surface area contributed by atoms with Gasteiger partial charge in [-0.2, -0.15) is 0 Å². The molecular weight excluding hydrogens is 433 g/mol. The Bertz CT molecular complexity index is 955. The third-order valence-electron chi connectivity index (χ3n) is 5.45. The van der Waals surface area contributed by atoms with E-state index in [0.717, 1.165) is 49.5 Å². The summed E-state index contributed by atoms with van der Waals surface area (Å²) in [5, 5.41) is 2.88. The van der Waals surface area contributed by atoms with Crippen molar-refractivity contribution >= 4 is 38.5 Å². The quantitative estimate of drug-likeness (QED) is 0.631. The molecule has 0 saturated heterocycles. The molecule has 0 unspecified atom stereocenters. The van der Waals surface area contributed by atoms with Crippen molar-refractivity contribution in [2.45, 2.75) is 57.9 Å². The van der Waals surface area contributed by atoms with Crippen LogP contribution in [-0.2, 0) is 9.59 Å². The average Bonchev–Trinajstić information content (AvgIpc) is 3.09. The molecule has 3 N–H and O–H groups in total. The van der Waals surface area contributed by atoms with Crippen LogP contribution in [-0.4, -0.2) is 40.3 Å². The summed E-state index contributed by atoms with van der Waals surface area (Å²) < 4.78 is 41.6. The minimum Gasteiger partial charge on any atom is -0.406 e. The molecular formula is C20H25F3N4O3S. The first-order valence-corrected chi connectivity index (χ1v) is 10.8. The van der Waals surface area contributed by atoms with E-state index in [1.54, 1.807) is 13.8 Å². The molecule has 7 nitrogen and oxygen atoms in total. The number of rotatable bonds is 6. The third kappa shape index (κ3) is 5.45. The van der Waals surface area contributed by atoms with Gasteiger partial charge in [0.2, 0.25) is 5.91 Å². The maximum absolute atomic E-state index is 13.0. The number of anilines is 1. The van der Waals surface area contributed by atoms with E-state index in [2.05, 4.69) is 15.0 Å². The first kappa shape index (κ1) is 23.3. The Balaban J connectivity index is 1.75. The van der Waals surface area contributed by atoms with Crippen LogP contribution in [0, 0.1) is 5.92 Å². The first-order chi connectivity index (χ1) is 14.5. The van der Waals surface area contributed by atoms with Gasteiger partial charge in [0.25, 0.3) is 5.91 Å². The molecule has 11 heteroatoms. The van der Waals surface area contributed by atoms with E-state index >= 15 is 0 Å². The van der Waals surface area contributed by atoms with Crippen molar-refractivity contribution in [1.29, 1.82) is 0 Å². The molecule has 1 aliphatic carbocycles. The number of nitrogens with zero attached hydrogens (tertiary/aromatic N) is 2. The largest absolute Gasteiger partial charge is 0.573 e. The van der Waals surface area contributed by atoms with E-state index < -0.39 is 17.8 Å². The molecule has 0 aliphatic heterocycles. The Labute approximate surface area is 181 Å². The van der Waals surface area contributed by atoms with Crippen LogP contribution in [0.5, 0.6) is 5.75 Å². The van der Waals surface area contributed by atoms with E-state index in [0.29, 0.717) is 10.2 Å². The smallest absolute Gasteiger partial charge is 0.406 e. The summed E-state index contributed by atoms with van der Waals surface area (Å²) in [7, 11) is 0. The van der Waals surface area contributed by atoms with Gasteiger partial charge < -0.3 is 15.4 Å². The number of aromatic nitrogens is 1. The Morgan fingerprint density at radius 2 is 1.94 bits per heavy atom. The molecule has 1 fully saturated rings. The van der Waals surface area contributed by atoms with Gasteiger partial charge >= 0.3 is 6.36 Å². The number of thiazole rings is 1. The fourth-order valence-electron chi connectivity index (χ4n) is 3.69. The molecule has 0 spiro atoms. The molecule has 2 aromatic rings. The van der Waals surface area contributed by atoms with E-state index in [4.69, 9.17) is 5.73 Å². The monoisotopic (exact) mass is 458 g/mol. The number of amides is 2. The number of fused-ring (bicyclic) bond motifs is 1. The number of carbonyl (C=O) groups excluding carboxylic acids is 2. The Morgan fingerprint density at radius 1 is 1.26 bits per heavy atom. The molecule has 1 heterocycles. The third-order valence-corrected chi connectivity index (χ3v) is 6.38. The highest BCUT2D eigenvalue weighted by molar-refractivity contribution is 7.22. The summed E-state index contributed by atoms with van der Waals surface area (Å²) in [4.78, 5) is 31.6. The van der Waals surface area contributed by atoms with Crippen molar-refractivity contribution in [1.82, 2.24) is 9.88 Å². The normalized spacial score (nSPS) is 15.7. The maximum atomic E-state index is 13.0. The predicted molar refractivity (Wildman–Crippen MR) is 111 cm³/mol. The highest BCUT2D eigenvalue weighted by atomic mass is 32.1. The summed E-state index contributed by atoms with van der Waals surface area (Å²) >= 11 is 1.01. The highest BCUT2D eigenvalue weighted by Crippen LogP contribution is 2.33. The van der Waals surface area contributed by atoms with Crippen molar-refractivity contribution < 1.29 is 27.5 Å². The lowest BCUT2D eigenvalue weighted by Gasteiger charge is -2.38. The number of halogens is 3. The van der Waals surface area contributed by atoms with E-state index in [-0.39, 0.29) is 29.4 Å². The standard InChI is InChI=1S/C20H25F3N4O3S/c1-19(2,27(11-24)16(28)12-6-4-3-5-7-12)17(29)26-18-25-14-9-8-13(10-15(14)31-18)30-20(21,22)23/h8-10,12H,3-7,11,24H2,1-2H3,(H,25,26,29). The number of hydrogen-bond acceptors (Lipinski definition) is 6. The number of hydrogen-bond donors (Lipinski definition) is 2. The zero-order valence-electron chi connectivity index (χ0n) is 17.3. The SMILES string of the molecule is CC(C)(C(=O)Nc1nc2ccc(OC(F)(F)F)cc2s1)N(CN)C(=O)C1CCCCC1. The Kier molecular flexibility index (Phi) is 6.75. The molecule has 1 aromatic carbocycles. The van der Waals surface area contributed by atoms with Crippen molar-refractivity contribution in [3.8, 4) is 5.75 Å². The predicted octanol–water partition coefficient (Wildman–Crippen LogP) is 4.24. The number of nitrogens with one attached hydrogen (secondary N) is 1. The second-order valence-corrected chi connectivity index (χ2v) is 9.02. The van der Waals surface area contributed by atoms with E-state index in [9.17, 15) is 22.8 Å². The minimum atomic E-state index is -4.80. The molecule has 0 bridgehead atoms. The van der Waals surface area contributed by atoms with Crippen LogP contribution in [0.2, 0.25) is 0 Å². The van der Waals surface area contributed by atoms with Crippen LogP contribution in [0.15, 0.2) is 18.2 Å². The highest BCUT2D eigenvalue weighted by Gasteiger charge is 2.40. The summed E-state index contributed by atoms with van der Waals surface area (Å²) in [6.07, 6.45) is -0.166. The molecule has 31 heavy (non-hydrogen) atoms. The van der Waals surface area contributed by atoms with Gasteiger partial charge in [0.05, 0.1) is 16.9 Å². The summed E-state index contributed by atoms with van der Waals surface area (Å²) in [6.45, 7) is 3.12. The van der Waals surface area contributed by atoms with Gasteiger partial charge in [-0.05, 0) is 38.8 Å². The average molecular weight is 459 g/mol. The topological polar surface area (TPSA) is 97.6 Å². The second kappa shape index (κ2) is 8.99. The van der Waals surface area contributed by atoms with Crippen LogP contribution in [0.1, 0.15) is 46.0 Å². The maximum Gasteiger partial charge on any atom is 0.573 e. The molecule has 1 saturated carbocycles. The molecule has 2 amide bonds. The van der Waals surface area contributed by atoms with Gasteiger partial charge in [0.1, 0.15) is 11.3 Å². The fraction of sp³-hybridized carbons (Fsp3) is 0.550. The Hall–Kier alpha value is -2.40. The lowest BCUT2D eigenvalue weighted by atomic mass is 9.87. The molecule has 0 atom stereocenters. The summed E-state index contributed by atoms with van der Waals surface area (Å²) in [6, 6.07) is 3.75. The van der Waals surface area contributed by atoms with Gasteiger partial charge in [-0.3, -0.25) is 14.9 Å². The molecule has 3 rings (SSSR count). The van der Waals surface area contributed by atoms with Gasteiger partial charge in [0.15, 0.2) is 5.13 Å². The molecule has 1 aromatic heterocycles. The van der Waals surface area contributed by atoms with Gasteiger partial charge in [-0.1, -0.05) is 30.6 Å². The molecule has 1 aliphatic rings. The summed E-state index contributed by atoms with van der Waals surface area (Å²) in [5.41, 5.74) is 5.02. The number of ether oxygens (including phenoxy) is 1. The van der Waals surface area contributed by atoms with Crippen molar-refractivity contribution in [3.63, 3.8) is 0 Å². The van der Waals surface area contributed by atoms with Crippen molar-refractivity contribution in [2.75, 3.05) is 12.0 Å². The van der Waals surface area contributed by atoms with Crippen molar-refractivity contribution in [2.24, 2.45) is 11.7 Å². The van der Waals surface area contributed by atoms with Crippen LogP contribution in [0.4, 0.5) is 18.3 Å². The van der Waals surface area contributed by atoms with Crippen molar-refractivity contribution in [3.05, 3.63) is 18.2 Å². The van der Waals surface area contributed by atoms with E-state index in [1.807, 2.05) is 0 Å². The zero-order chi connectivity index (χ0) is 22.8. The Morgan fingerprint density at radius 3 is 2.55 bits per heavy atom. The van der Waals surface area contributed by atoms with Crippen LogP contribution in [0.25, 0.3) is 10.2 Å². The van der Waals surface area contributed by atoms with E-state index in [1.165, 1.54) is 17.0 Å². The number of alkyl halides is 3. The number of benzene rings is 1. The number of nitrogens with two attached hydrogens (primary N) is 1. The van der Waals surface area contributed by atoms with Crippen LogP contribution in [0.3, 0.4) is 0 Å². The minimum absolute atomic E-state index is 0.103. The lowest BCUT2D eigenvalue weighted by Crippen LogP contribution is -2.58. The molecule has 0 radical (unpaired) electrons. The van der Waals surface area contributed by atoms with Gasteiger partial charge in [0, 0.05) is 12.0 Å². The van der Waals surface area contributed by atoms with Gasteiger partial charge in [-0.15, -0.1) is 13.2 Å². The zero-order valence-corrected chi connectivity index (χ0v) is 18.1. The fourth-order valence-corrected chi connectivity index (χ4v) is 4.58. The van der Waals surface area contributed by atoms with Crippen LogP contribution < -0.4 is 15.8 Å². The number of carbonyl (C=O) groups is 2.